The SMILES string of the molecule is O=C(O)Cc1csc(SCCSC(F)(F)F)n1. The Bertz CT molecular complexity index is 380. The number of nitrogens with zero attached hydrogens (tertiary/aromatic N) is 1. The van der Waals surface area contributed by atoms with Gasteiger partial charge in [0.05, 0.1) is 12.1 Å². The highest BCUT2D eigenvalue weighted by Crippen LogP contribution is 2.32. The van der Waals surface area contributed by atoms with E-state index in [4.69, 9.17) is 5.11 Å². The van der Waals surface area contributed by atoms with Gasteiger partial charge in [-0.25, -0.2) is 4.98 Å². The van der Waals surface area contributed by atoms with E-state index in [2.05, 4.69) is 4.98 Å². The fourth-order valence-electron chi connectivity index (χ4n) is 0.877. The molecular weight excluding hydrogens is 295 g/mol. The average molecular weight is 303 g/mol. The maximum atomic E-state index is 11.8. The lowest BCUT2D eigenvalue weighted by atomic mass is 10.3. The number of carboxylic acid groups (broad SMARTS) is 1. The van der Waals surface area contributed by atoms with Crippen molar-refractivity contribution in [3.05, 3.63) is 11.1 Å². The minimum atomic E-state index is -4.20. The van der Waals surface area contributed by atoms with E-state index < -0.39 is 11.5 Å². The number of halogens is 3. The molecule has 1 heterocycles. The topological polar surface area (TPSA) is 50.2 Å². The Balaban J connectivity index is 2.28. The summed E-state index contributed by atoms with van der Waals surface area (Å²) < 4.78 is 36.0. The summed E-state index contributed by atoms with van der Waals surface area (Å²) in [5.74, 6) is -0.717. The molecule has 1 aromatic rings. The van der Waals surface area contributed by atoms with Crippen LogP contribution in [0.3, 0.4) is 0 Å². The lowest BCUT2D eigenvalue weighted by Crippen LogP contribution is -2.02. The van der Waals surface area contributed by atoms with Crippen molar-refractivity contribution in [2.45, 2.75) is 16.3 Å². The third-order valence-electron chi connectivity index (χ3n) is 1.44. The zero-order valence-electron chi connectivity index (χ0n) is 8.36. The lowest BCUT2D eigenvalue weighted by Gasteiger charge is -2.03. The number of aromatic nitrogens is 1. The van der Waals surface area contributed by atoms with Crippen LogP contribution in [0.5, 0.6) is 0 Å². The molecule has 0 fully saturated rings. The monoisotopic (exact) mass is 303 g/mol. The number of carbonyl (C=O) groups is 1. The third kappa shape index (κ3) is 6.79. The molecule has 0 saturated heterocycles. The van der Waals surface area contributed by atoms with E-state index in [9.17, 15) is 18.0 Å². The predicted octanol–water partition coefficient (Wildman–Crippen LogP) is 3.12. The first-order valence-corrected chi connectivity index (χ1v) is 7.21. The van der Waals surface area contributed by atoms with Crippen molar-refractivity contribution < 1.29 is 23.1 Å². The summed E-state index contributed by atoms with van der Waals surface area (Å²) >= 11 is 2.38. The normalized spacial score (nSPS) is 11.7. The molecule has 17 heavy (non-hydrogen) atoms. The fraction of sp³-hybridized carbons (Fsp3) is 0.500. The van der Waals surface area contributed by atoms with Crippen molar-refractivity contribution in [3.63, 3.8) is 0 Å². The standard InChI is InChI=1S/C8H8F3NO2S3/c9-8(10,11)17-2-1-15-7-12-5(4-16-7)3-6(13)14/h4H,1-3H2,(H,13,14). The largest absolute Gasteiger partial charge is 0.481 e. The van der Waals surface area contributed by atoms with Crippen LogP contribution >= 0.6 is 34.9 Å². The Morgan fingerprint density at radius 2 is 2.18 bits per heavy atom. The van der Waals surface area contributed by atoms with E-state index in [1.54, 1.807) is 5.38 Å². The number of carboxylic acids is 1. The molecule has 0 spiro atoms. The maximum Gasteiger partial charge on any atom is 0.441 e. The Hall–Kier alpha value is -0.410. The van der Waals surface area contributed by atoms with E-state index in [-0.39, 0.29) is 23.9 Å². The van der Waals surface area contributed by atoms with Gasteiger partial charge in [0.2, 0.25) is 0 Å². The molecule has 0 radical (unpaired) electrons. The van der Waals surface area contributed by atoms with Crippen LogP contribution in [0.15, 0.2) is 9.72 Å². The van der Waals surface area contributed by atoms with Crippen molar-refractivity contribution in [1.29, 1.82) is 0 Å². The van der Waals surface area contributed by atoms with Gasteiger partial charge in [0, 0.05) is 16.9 Å². The van der Waals surface area contributed by atoms with Gasteiger partial charge in [0.15, 0.2) is 0 Å². The van der Waals surface area contributed by atoms with E-state index in [1.165, 1.54) is 23.1 Å². The number of aliphatic carboxylic acids is 1. The first-order chi connectivity index (χ1) is 7.87. The van der Waals surface area contributed by atoms with Gasteiger partial charge in [-0.2, -0.15) is 13.2 Å². The van der Waals surface area contributed by atoms with Gasteiger partial charge in [-0.05, 0) is 0 Å². The van der Waals surface area contributed by atoms with Gasteiger partial charge >= 0.3 is 11.5 Å². The zero-order valence-corrected chi connectivity index (χ0v) is 10.8. The Morgan fingerprint density at radius 3 is 2.76 bits per heavy atom. The molecule has 0 aliphatic heterocycles. The van der Waals surface area contributed by atoms with E-state index >= 15 is 0 Å². The Morgan fingerprint density at radius 1 is 1.47 bits per heavy atom. The maximum absolute atomic E-state index is 11.8. The molecule has 3 nitrogen and oxygen atoms in total. The van der Waals surface area contributed by atoms with Crippen LogP contribution in [0.4, 0.5) is 13.2 Å². The summed E-state index contributed by atoms with van der Waals surface area (Å²) in [6.45, 7) is 0. The summed E-state index contributed by atoms with van der Waals surface area (Å²) in [5.41, 5.74) is -3.76. The van der Waals surface area contributed by atoms with E-state index in [0.717, 1.165) is 0 Å². The van der Waals surface area contributed by atoms with Gasteiger partial charge in [-0.3, -0.25) is 4.79 Å². The summed E-state index contributed by atoms with van der Waals surface area (Å²) in [4.78, 5) is 14.4. The number of hydrogen-bond donors (Lipinski definition) is 1. The summed E-state index contributed by atoms with van der Waals surface area (Å²) in [6, 6.07) is 0. The average Bonchev–Trinajstić information content (AvgIpc) is 2.58. The van der Waals surface area contributed by atoms with Gasteiger partial charge in [0.25, 0.3) is 0 Å². The summed E-state index contributed by atoms with van der Waals surface area (Å²) in [6.07, 6.45) is -0.158. The van der Waals surface area contributed by atoms with Crippen molar-refractivity contribution in [3.8, 4) is 0 Å². The van der Waals surface area contributed by atoms with Crippen LogP contribution in [0.1, 0.15) is 5.69 Å². The molecule has 1 aromatic heterocycles. The highest BCUT2D eigenvalue weighted by atomic mass is 32.2. The summed E-state index contributed by atoms with van der Waals surface area (Å²) in [5, 5.41) is 10.1. The number of rotatable bonds is 6. The molecular formula is C8H8F3NO2S3. The van der Waals surface area contributed by atoms with Crippen molar-refractivity contribution in [1.82, 2.24) is 4.98 Å². The predicted molar refractivity (Wildman–Crippen MR) is 62.7 cm³/mol. The molecule has 0 aromatic carbocycles. The molecule has 0 aliphatic rings. The number of thiazole rings is 1. The molecule has 1 rings (SSSR count). The molecule has 1 N–H and O–H groups in total. The van der Waals surface area contributed by atoms with Crippen LogP contribution in [0, 0.1) is 0 Å². The van der Waals surface area contributed by atoms with Crippen molar-refractivity contribution in [2.24, 2.45) is 0 Å². The molecule has 0 aliphatic carbocycles. The second-order valence-corrected chi connectivity index (χ2v) is 6.18. The quantitative estimate of drug-likeness (QED) is 0.646. The van der Waals surface area contributed by atoms with Crippen LogP contribution in [-0.2, 0) is 11.2 Å². The molecule has 96 valence electrons. The second kappa shape index (κ2) is 6.50. The fourth-order valence-corrected chi connectivity index (χ4v) is 3.34. The third-order valence-corrected chi connectivity index (χ3v) is 4.50. The van der Waals surface area contributed by atoms with Gasteiger partial charge in [-0.15, -0.1) is 11.3 Å². The van der Waals surface area contributed by atoms with Gasteiger partial charge in [0.1, 0.15) is 4.34 Å². The van der Waals surface area contributed by atoms with Gasteiger partial charge in [-0.1, -0.05) is 23.5 Å². The molecule has 9 heteroatoms. The van der Waals surface area contributed by atoms with Crippen LogP contribution in [0.25, 0.3) is 0 Å². The zero-order chi connectivity index (χ0) is 12.9. The molecule has 0 bridgehead atoms. The molecule has 0 saturated carbocycles. The van der Waals surface area contributed by atoms with Crippen molar-refractivity contribution in [2.75, 3.05) is 11.5 Å². The Labute approximate surface area is 108 Å². The molecule has 0 unspecified atom stereocenters. The Kier molecular flexibility index (Phi) is 5.60. The van der Waals surface area contributed by atoms with Gasteiger partial charge < -0.3 is 5.11 Å². The first-order valence-electron chi connectivity index (χ1n) is 4.36. The number of thioether (sulfide) groups is 2. The van der Waals surface area contributed by atoms with Crippen molar-refractivity contribution >= 4 is 40.8 Å². The molecule has 0 atom stereocenters. The number of hydrogen-bond acceptors (Lipinski definition) is 5. The smallest absolute Gasteiger partial charge is 0.441 e. The van der Waals surface area contributed by atoms with Crippen LogP contribution in [0.2, 0.25) is 0 Å². The van der Waals surface area contributed by atoms with Crippen LogP contribution < -0.4 is 0 Å². The summed E-state index contributed by atoms with van der Waals surface area (Å²) in [7, 11) is 0. The highest BCUT2D eigenvalue weighted by molar-refractivity contribution is 8.04. The number of alkyl halides is 3. The molecule has 0 amide bonds. The minimum Gasteiger partial charge on any atom is -0.481 e. The van der Waals surface area contributed by atoms with Crippen LogP contribution in [-0.4, -0.2) is 33.1 Å². The van der Waals surface area contributed by atoms with E-state index in [0.29, 0.717) is 15.8 Å². The highest BCUT2D eigenvalue weighted by Gasteiger charge is 2.27. The first kappa shape index (κ1) is 14.7. The second-order valence-electron chi connectivity index (χ2n) is 2.82. The minimum absolute atomic E-state index is 0.0397. The lowest BCUT2D eigenvalue weighted by molar-refractivity contribution is -0.136. The van der Waals surface area contributed by atoms with E-state index in [1.807, 2.05) is 0 Å².